The van der Waals surface area contributed by atoms with Crippen molar-refractivity contribution in [2.24, 2.45) is 0 Å². The van der Waals surface area contributed by atoms with Gasteiger partial charge in [-0.1, -0.05) is 90.6 Å². The van der Waals surface area contributed by atoms with Gasteiger partial charge in [-0.25, -0.2) is 0 Å². The minimum Gasteiger partial charge on any atom is -0.494 e. The molecule has 0 bridgehead atoms. The summed E-state index contributed by atoms with van der Waals surface area (Å²) in [5.74, 6) is 0.498. The van der Waals surface area contributed by atoms with Crippen LogP contribution in [0.15, 0.2) is 78.9 Å². The van der Waals surface area contributed by atoms with Crippen LogP contribution in [0.1, 0.15) is 30.1 Å². The normalized spacial score (nSPS) is 12.1. The van der Waals surface area contributed by atoms with E-state index in [-0.39, 0.29) is 5.91 Å². The van der Waals surface area contributed by atoms with Crippen molar-refractivity contribution in [3.63, 3.8) is 0 Å². The average molecular weight is 492 g/mol. The van der Waals surface area contributed by atoms with Crippen molar-refractivity contribution in [2.75, 3.05) is 11.9 Å². The van der Waals surface area contributed by atoms with Crippen LogP contribution < -0.4 is 15.4 Å². The maximum Gasteiger partial charge on any atom is 0.252 e. The van der Waals surface area contributed by atoms with Gasteiger partial charge >= 0.3 is 0 Å². The number of carbonyl (C=O) groups excluding carboxylic acids is 1. The highest BCUT2D eigenvalue weighted by Crippen LogP contribution is 2.31. The minimum absolute atomic E-state index is 0.351. The number of halogens is 3. The fourth-order valence-electron chi connectivity index (χ4n) is 3.01. The standard InChI is InChI=1S/C25H25Cl3N2O2/c1-2-3-17-32-22-15-13-19(14-16-22)18-9-11-20(12-10-18)23(31)30-24(25(26,27)28)29-21-7-5-4-6-8-21/h4-16,24,29H,2-3,17H2,1H3,(H,30,31). The lowest BCUT2D eigenvalue weighted by atomic mass is 10.0. The zero-order chi connectivity index (χ0) is 23.0. The van der Waals surface area contributed by atoms with Gasteiger partial charge in [0.15, 0.2) is 0 Å². The van der Waals surface area contributed by atoms with Gasteiger partial charge in [0.05, 0.1) is 6.61 Å². The molecule has 0 heterocycles. The Bertz CT molecular complexity index is 988. The fourth-order valence-corrected chi connectivity index (χ4v) is 3.33. The monoisotopic (exact) mass is 490 g/mol. The van der Waals surface area contributed by atoms with Crippen LogP contribution in [-0.2, 0) is 0 Å². The molecule has 32 heavy (non-hydrogen) atoms. The van der Waals surface area contributed by atoms with Crippen molar-refractivity contribution in [1.29, 1.82) is 0 Å². The van der Waals surface area contributed by atoms with Crippen LogP contribution in [0.25, 0.3) is 11.1 Å². The minimum atomic E-state index is -1.74. The van der Waals surface area contributed by atoms with Gasteiger partial charge in [-0.15, -0.1) is 0 Å². The van der Waals surface area contributed by atoms with Gasteiger partial charge < -0.3 is 15.4 Å². The van der Waals surface area contributed by atoms with Crippen molar-refractivity contribution in [3.05, 3.63) is 84.4 Å². The van der Waals surface area contributed by atoms with E-state index in [0.29, 0.717) is 12.2 Å². The van der Waals surface area contributed by atoms with E-state index in [1.54, 1.807) is 12.1 Å². The van der Waals surface area contributed by atoms with Gasteiger partial charge in [-0.2, -0.15) is 0 Å². The number of ether oxygens (including phenoxy) is 1. The number of amides is 1. The molecule has 1 atom stereocenters. The third-order valence-electron chi connectivity index (χ3n) is 4.79. The van der Waals surface area contributed by atoms with Crippen LogP contribution in [0.3, 0.4) is 0 Å². The molecule has 168 valence electrons. The summed E-state index contributed by atoms with van der Waals surface area (Å²) in [6.45, 7) is 2.85. The largest absolute Gasteiger partial charge is 0.494 e. The average Bonchev–Trinajstić information content (AvgIpc) is 2.79. The van der Waals surface area contributed by atoms with E-state index >= 15 is 0 Å². The van der Waals surface area contributed by atoms with Gasteiger partial charge in [0.2, 0.25) is 3.79 Å². The zero-order valence-electron chi connectivity index (χ0n) is 17.7. The molecular formula is C25H25Cl3N2O2. The Balaban J connectivity index is 1.66. The van der Waals surface area contributed by atoms with E-state index in [2.05, 4.69) is 17.6 Å². The molecule has 0 aliphatic carbocycles. The van der Waals surface area contributed by atoms with Crippen molar-refractivity contribution in [2.45, 2.75) is 29.7 Å². The molecule has 3 aromatic carbocycles. The second-order valence-corrected chi connectivity index (χ2v) is 9.63. The van der Waals surface area contributed by atoms with E-state index < -0.39 is 9.96 Å². The molecule has 0 aliphatic heterocycles. The van der Waals surface area contributed by atoms with E-state index in [0.717, 1.165) is 35.4 Å². The molecule has 0 radical (unpaired) electrons. The van der Waals surface area contributed by atoms with E-state index in [4.69, 9.17) is 39.5 Å². The van der Waals surface area contributed by atoms with Crippen LogP contribution in [0.2, 0.25) is 0 Å². The topological polar surface area (TPSA) is 50.4 Å². The van der Waals surface area contributed by atoms with Crippen LogP contribution in [0.4, 0.5) is 5.69 Å². The molecule has 4 nitrogen and oxygen atoms in total. The third-order valence-corrected chi connectivity index (χ3v) is 5.44. The second-order valence-electron chi connectivity index (χ2n) is 7.26. The molecule has 0 fully saturated rings. The van der Waals surface area contributed by atoms with E-state index in [1.165, 1.54) is 0 Å². The lowest BCUT2D eigenvalue weighted by Crippen LogP contribution is -2.49. The Kier molecular flexibility index (Phi) is 8.68. The molecule has 7 heteroatoms. The lowest BCUT2D eigenvalue weighted by molar-refractivity contribution is 0.0942. The van der Waals surface area contributed by atoms with Crippen molar-refractivity contribution >= 4 is 46.4 Å². The predicted molar refractivity (Wildman–Crippen MR) is 134 cm³/mol. The number of hydrogen-bond acceptors (Lipinski definition) is 3. The maximum atomic E-state index is 12.8. The van der Waals surface area contributed by atoms with Crippen molar-refractivity contribution in [3.8, 4) is 16.9 Å². The summed E-state index contributed by atoms with van der Waals surface area (Å²) in [6.07, 6.45) is 1.22. The number of benzene rings is 3. The molecule has 1 unspecified atom stereocenters. The molecule has 0 saturated carbocycles. The summed E-state index contributed by atoms with van der Waals surface area (Å²) in [7, 11) is 0. The van der Waals surface area contributed by atoms with Crippen LogP contribution in [0.5, 0.6) is 5.75 Å². The Hall–Kier alpha value is -2.40. The zero-order valence-corrected chi connectivity index (χ0v) is 19.9. The number of hydrogen-bond donors (Lipinski definition) is 2. The fraction of sp³-hybridized carbons (Fsp3) is 0.240. The van der Waals surface area contributed by atoms with Crippen molar-refractivity contribution in [1.82, 2.24) is 5.32 Å². The number of nitrogens with one attached hydrogen (secondary N) is 2. The third kappa shape index (κ3) is 7.06. The molecule has 0 aliphatic rings. The van der Waals surface area contributed by atoms with E-state index in [9.17, 15) is 4.79 Å². The first-order valence-corrected chi connectivity index (χ1v) is 11.5. The molecule has 3 aromatic rings. The first-order valence-electron chi connectivity index (χ1n) is 10.4. The van der Waals surface area contributed by atoms with Crippen LogP contribution >= 0.6 is 34.8 Å². The van der Waals surface area contributed by atoms with Gasteiger partial charge in [0.25, 0.3) is 5.91 Å². The quantitative estimate of drug-likeness (QED) is 0.191. The number of carbonyl (C=O) groups is 1. The molecule has 3 rings (SSSR count). The Labute approximate surface area is 203 Å². The summed E-state index contributed by atoms with van der Waals surface area (Å²) in [5.41, 5.74) is 3.20. The summed E-state index contributed by atoms with van der Waals surface area (Å²) < 4.78 is 3.96. The highest BCUT2D eigenvalue weighted by Gasteiger charge is 2.34. The van der Waals surface area contributed by atoms with Gasteiger partial charge in [0, 0.05) is 11.3 Å². The second kappa shape index (κ2) is 11.5. The summed E-state index contributed by atoms with van der Waals surface area (Å²) >= 11 is 18.2. The van der Waals surface area contributed by atoms with Gasteiger partial charge in [-0.3, -0.25) is 4.79 Å². The van der Waals surface area contributed by atoms with E-state index in [1.807, 2.05) is 66.7 Å². The first kappa shape index (κ1) is 24.2. The molecule has 1 amide bonds. The predicted octanol–water partition coefficient (Wildman–Crippen LogP) is 7.07. The summed E-state index contributed by atoms with van der Waals surface area (Å²) in [4.78, 5) is 12.8. The van der Waals surface area contributed by atoms with Gasteiger partial charge in [-0.05, 0) is 53.9 Å². The van der Waals surface area contributed by atoms with Gasteiger partial charge in [0.1, 0.15) is 11.9 Å². The molecule has 2 N–H and O–H groups in total. The number of unbranched alkanes of at least 4 members (excludes halogenated alkanes) is 1. The van der Waals surface area contributed by atoms with Crippen molar-refractivity contribution < 1.29 is 9.53 Å². The lowest BCUT2D eigenvalue weighted by Gasteiger charge is -2.27. The molecule has 0 saturated heterocycles. The number of anilines is 1. The molecular weight excluding hydrogens is 467 g/mol. The number of alkyl halides is 3. The molecule has 0 spiro atoms. The Morgan fingerprint density at radius 1 is 0.906 bits per heavy atom. The van der Waals surface area contributed by atoms with Crippen LogP contribution in [-0.4, -0.2) is 22.5 Å². The summed E-state index contributed by atoms with van der Waals surface area (Å²) in [5, 5.41) is 5.79. The highest BCUT2D eigenvalue weighted by molar-refractivity contribution is 6.68. The Morgan fingerprint density at radius 3 is 2.06 bits per heavy atom. The Morgan fingerprint density at radius 2 is 1.50 bits per heavy atom. The molecule has 0 aromatic heterocycles. The van der Waals surface area contributed by atoms with Crippen LogP contribution in [0, 0.1) is 0 Å². The number of para-hydroxylation sites is 1. The summed E-state index contributed by atoms with van der Waals surface area (Å²) in [6, 6.07) is 24.4. The smallest absolute Gasteiger partial charge is 0.252 e. The SMILES string of the molecule is CCCCOc1ccc(-c2ccc(C(=O)NC(Nc3ccccc3)C(Cl)(Cl)Cl)cc2)cc1. The number of rotatable bonds is 9. The first-order chi connectivity index (χ1) is 15.4. The maximum absolute atomic E-state index is 12.8. The highest BCUT2D eigenvalue weighted by atomic mass is 35.6.